The maximum Gasteiger partial charge on any atom is 0.0828 e. The summed E-state index contributed by atoms with van der Waals surface area (Å²) in [4.78, 5) is 0. The summed E-state index contributed by atoms with van der Waals surface area (Å²) >= 11 is 11.8. The third-order valence-electron chi connectivity index (χ3n) is 2.53. The van der Waals surface area contributed by atoms with Gasteiger partial charge in [-0.05, 0) is 36.1 Å². The molecule has 0 amide bonds. The first kappa shape index (κ1) is 10.3. The van der Waals surface area contributed by atoms with E-state index in [1.165, 1.54) is 5.56 Å². The van der Waals surface area contributed by atoms with Gasteiger partial charge in [-0.1, -0.05) is 17.7 Å². The molecule has 1 nitrogen and oxygen atoms in total. The molecule has 1 aromatic carbocycles. The monoisotopic (exact) mass is 230 g/mol. The number of benzene rings is 1. The van der Waals surface area contributed by atoms with Gasteiger partial charge in [0.2, 0.25) is 0 Å². The molecule has 1 saturated heterocycles. The number of hydrogen-bond donors (Lipinski definition) is 0. The average Bonchev–Trinajstić information content (AvgIpc) is 2.70. The lowest BCUT2D eigenvalue weighted by Crippen LogP contribution is -1.99. The smallest absolute Gasteiger partial charge is 0.0828 e. The van der Waals surface area contributed by atoms with Crippen molar-refractivity contribution in [1.29, 1.82) is 0 Å². The molecule has 0 spiro atoms. The highest BCUT2D eigenvalue weighted by atomic mass is 35.5. The fourth-order valence-electron chi connectivity index (χ4n) is 1.83. The van der Waals surface area contributed by atoms with E-state index in [0.29, 0.717) is 5.88 Å². The van der Waals surface area contributed by atoms with Gasteiger partial charge in [0.15, 0.2) is 0 Å². The second-order valence-electron chi connectivity index (χ2n) is 3.48. The molecule has 0 radical (unpaired) electrons. The van der Waals surface area contributed by atoms with Gasteiger partial charge in [-0.2, -0.15) is 0 Å². The van der Waals surface area contributed by atoms with Crippen LogP contribution in [0.1, 0.15) is 30.1 Å². The largest absolute Gasteiger partial charge is 0.374 e. The van der Waals surface area contributed by atoms with Crippen LogP contribution in [0.5, 0.6) is 0 Å². The molecule has 14 heavy (non-hydrogen) atoms. The second kappa shape index (κ2) is 4.52. The maximum absolute atomic E-state index is 5.90. The summed E-state index contributed by atoms with van der Waals surface area (Å²) in [6, 6.07) is 5.84. The van der Waals surface area contributed by atoms with E-state index >= 15 is 0 Å². The van der Waals surface area contributed by atoms with E-state index in [1.807, 2.05) is 18.2 Å². The van der Waals surface area contributed by atoms with Crippen molar-refractivity contribution >= 4 is 23.2 Å². The third kappa shape index (κ3) is 2.05. The van der Waals surface area contributed by atoms with Gasteiger partial charge in [0.25, 0.3) is 0 Å². The van der Waals surface area contributed by atoms with Crippen LogP contribution in [0.2, 0.25) is 5.02 Å². The highest BCUT2D eigenvalue weighted by molar-refractivity contribution is 6.30. The van der Waals surface area contributed by atoms with Crippen LogP contribution in [-0.2, 0) is 10.6 Å². The van der Waals surface area contributed by atoms with E-state index in [9.17, 15) is 0 Å². The van der Waals surface area contributed by atoms with E-state index in [4.69, 9.17) is 27.9 Å². The number of hydrogen-bond acceptors (Lipinski definition) is 1. The fourth-order valence-corrected chi connectivity index (χ4v) is 2.25. The van der Waals surface area contributed by atoms with E-state index in [-0.39, 0.29) is 6.10 Å². The molecular weight excluding hydrogens is 219 g/mol. The Morgan fingerprint density at radius 1 is 1.43 bits per heavy atom. The summed E-state index contributed by atoms with van der Waals surface area (Å²) in [5.41, 5.74) is 2.29. The second-order valence-corrected chi connectivity index (χ2v) is 4.18. The van der Waals surface area contributed by atoms with Crippen molar-refractivity contribution in [2.45, 2.75) is 24.8 Å². The molecule has 1 fully saturated rings. The Bertz CT molecular complexity index is 319. The molecule has 1 aromatic rings. The minimum absolute atomic E-state index is 0.223. The molecule has 1 aliphatic rings. The molecule has 3 heteroatoms. The Kier molecular flexibility index (Phi) is 3.32. The molecule has 0 aromatic heterocycles. The van der Waals surface area contributed by atoms with Crippen molar-refractivity contribution in [3.05, 3.63) is 34.3 Å². The zero-order valence-electron chi connectivity index (χ0n) is 7.80. The summed E-state index contributed by atoms with van der Waals surface area (Å²) in [5.74, 6) is 0.496. The van der Waals surface area contributed by atoms with E-state index in [2.05, 4.69) is 0 Å². The van der Waals surface area contributed by atoms with Crippen molar-refractivity contribution in [1.82, 2.24) is 0 Å². The van der Waals surface area contributed by atoms with Crippen molar-refractivity contribution in [3.8, 4) is 0 Å². The summed E-state index contributed by atoms with van der Waals surface area (Å²) in [6.07, 6.45) is 2.45. The van der Waals surface area contributed by atoms with Crippen LogP contribution < -0.4 is 0 Å². The number of rotatable bonds is 2. The molecule has 0 aliphatic carbocycles. The van der Waals surface area contributed by atoms with Crippen LogP contribution in [0.25, 0.3) is 0 Å². The molecule has 0 N–H and O–H groups in total. The standard InChI is InChI=1S/C11H12Cl2O/c12-7-8-6-9(13)3-4-10(8)11-2-1-5-14-11/h3-4,6,11H,1-2,5,7H2. The van der Waals surface area contributed by atoms with Crippen molar-refractivity contribution < 1.29 is 4.74 Å². The lowest BCUT2D eigenvalue weighted by molar-refractivity contribution is 0.111. The van der Waals surface area contributed by atoms with E-state index in [1.54, 1.807) is 0 Å². The summed E-state index contributed by atoms with van der Waals surface area (Å²) in [6.45, 7) is 0.856. The normalized spacial score (nSPS) is 21.4. The predicted molar refractivity (Wildman–Crippen MR) is 58.9 cm³/mol. The lowest BCUT2D eigenvalue weighted by Gasteiger charge is -2.13. The van der Waals surface area contributed by atoms with Crippen LogP contribution >= 0.6 is 23.2 Å². The molecule has 0 saturated carbocycles. The number of ether oxygens (including phenoxy) is 1. The van der Waals surface area contributed by atoms with Gasteiger partial charge in [0.05, 0.1) is 6.10 Å². The van der Waals surface area contributed by atoms with Gasteiger partial charge < -0.3 is 4.74 Å². The Morgan fingerprint density at radius 3 is 2.93 bits per heavy atom. The van der Waals surface area contributed by atoms with Gasteiger partial charge in [0, 0.05) is 17.5 Å². The van der Waals surface area contributed by atoms with Gasteiger partial charge in [-0.15, -0.1) is 11.6 Å². The minimum atomic E-state index is 0.223. The Labute approximate surface area is 94.0 Å². The van der Waals surface area contributed by atoms with Gasteiger partial charge >= 0.3 is 0 Å². The molecule has 1 unspecified atom stereocenters. The summed E-state index contributed by atoms with van der Waals surface area (Å²) in [7, 11) is 0. The van der Waals surface area contributed by atoms with E-state index in [0.717, 1.165) is 30.0 Å². The first-order valence-corrected chi connectivity index (χ1v) is 5.68. The molecule has 76 valence electrons. The maximum atomic E-state index is 5.90. The third-order valence-corrected chi connectivity index (χ3v) is 3.05. The van der Waals surface area contributed by atoms with Crippen LogP contribution in [-0.4, -0.2) is 6.61 Å². The summed E-state index contributed by atoms with van der Waals surface area (Å²) < 4.78 is 5.62. The van der Waals surface area contributed by atoms with Crippen LogP contribution in [0.3, 0.4) is 0 Å². The average molecular weight is 231 g/mol. The van der Waals surface area contributed by atoms with Crippen LogP contribution in [0.4, 0.5) is 0 Å². The fraction of sp³-hybridized carbons (Fsp3) is 0.455. The highest BCUT2D eigenvalue weighted by Crippen LogP contribution is 2.32. The van der Waals surface area contributed by atoms with Crippen molar-refractivity contribution in [2.24, 2.45) is 0 Å². The van der Waals surface area contributed by atoms with Gasteiger partial charge in [-0.25, -0.2) is 0 Å². The van der Waals surface area contributed by atoms with E-state index < -0.39 is 0 Å². The Morgan fingerprint density at radius 2 is 2.29 bits per heavy atom. The summed E-state index contributed by atoms with van der Waals surface area (Å²) in [5, 5.41) is 0.738. The first-order chi connectivity index (χ1) is 6.81. The predicted octanol–water partition coefficient (Wildman–Crippen LogP) is 3.93. The Hall–Kier alpha value is -0.240. The molecule has 1 aliphatic heterocycles. The lowest BCUT2D eigenvalue weighted by atomic mass is 10.0. The zero-order valence-corrected chi connectivity index (χ0v) is 9.31. The van der Waals surface area contributed by atoms with Crippen molar-refractivity contribution in [3.63, 3.8) is 0 Å². The molecule has 0 bridgehead atoms. The van der Waals surface area contributed by atoms with Crippen LogP contribution in [0.15, 0.2) is 18.2 Å². The van der Waals surface area contributed by atoms with Crippen LogP contribution in [0, 0.1) is 0 Å². The number of alkyl halides is 1. The SMILES string of the molecule is ClCc1cc(Cl)ccc1C1CCCO1. The van der Waals surface area contributed by atoms with Gasteiger partial charge in [0.1, 0.15) is 0 Å². The Balaban J connectivity index is 2.31. The zero-order chi connectivity index (χ0) is 9.97. The molecule has 1 atom stereocenters. The quantitative estimate of drug-likeness (QED) is 0.700. The molecular formula is C11H12Cl2O. The topological polar surface area (TPSA) is 9.23 Å². The number of halogens is 2. The highest BCUT2D eigenvalue weighted by Gasteiger charge is 2.20. The first-order valence-electron chi connectivity index (χ1n) is 4.77. The molecule has 2 rings (SSSR count). The van der Waals surface area contributed by atoms with Crippen molar-refractivity contribution in [2.75, 3.05) is 6.61 Å². The molecule has 1 heterocycles. The van der Waals surface area contributed by atoms with Gasteiger partial charge in [-0.3, -0.25) is 0 Å². The minimum Gasteiger partial charge on any atom is -0.374 e.